The molecule has 1 aromatic rings. The first kappa shape index (κ1) is 31.0. The van der Waals surface area contributed by atoms with Crippen molar-refractivity contribution in [2.45, 2.75) is 96.9 Å². The van der Waals surface area contributed by atoms with Crippen LogP contribution in [0.5, 0.6) is 5.75 Å². The van der Waals surface area contributed by atoms with E-state index in [0.717, 1.165) is 22.9 Å². The number of fused-ring (bicyclic) bond motifs is 1. The summed E-state index contributed by atoms with van der Waals surface area (Å²) < 4.78 is 17.6. The second kappa shape index (κ2) is 12.1. The number of nitrogens with zero attached hydrogens (tertiary/aromatic N) is 3. The Hall–Kier alpha value is -2.92. The molecule has 2 fully saturated rings. The molecule has 3 aliphatic rings. The van der Waals surface area contributed by atoms with E-state index < -0.39 is 19.7 Å². The average Bonchev–Trinajstić information content (AvgIpc) is 3.16. The van der Waals surface area contributed by atoms with E-state index in [2.05, 4.69) is 26.6 Å². The molecular formula is C30H45N3O7Si. The molecule has 0 bridgehead atoms. The molecule has 0 saturated carbocycles. The monoisotopic (exact) mass is 587 g/mol. The third-order valence-electron chi connectivity index (χ3n) is 7.56. The van der Waals surface area contributed by atoms with Crippen LogP contribution in [-0.4, -0.2) is 90.8 Å². The van der Waals surface area contributed by atoms with Crippen LogP contribution in [0.2, 0.25) is 25.7 Å². The van der Waals surface area contributed by atoms with Crippen LogP contribution in [0.1, 0.15) is 62.9 Å². The molecule has 4 rings (SSSR count). The zero-order valence-corrected chi connectivity index (χ0v) is 26.5. The van der Waals surface area contributed by atoms with Gasteiger partial charge in [-0.15, -0.1) is 0 Å². The van der Waals surface area contributed by atoms with Gasteiger partial charge >= 0.3 is 6.09 Å². The molecule has 1 unspecified atom stereocenters. The van der Waals surface area contributed by atoms with Gasteiger partial charge in [-0.1, -0.05) is 26.6 Å². The predicted molar refractivity (Wildman–Crippen MR) is 156 cm³/mol. The minimum Gasteiger partial charge on any atom is -0.489 e. The van der Waals surface area contributed by atoms with Crippen molar-refractivity contribution in [2.75, 3.05) is 26.4 Å². The van der Waals surface area contributed by atoms with Crippen LogP contribution in [-0.2, 0) is 25.6 Å². The second-order valence-corrected chi connectivity index (χ2v) is 19.4. The Morgan fingerprint density at radius 2 is 1.83 bits per heavy atom. The first-order chi connectivity index (χ1) is 19.1. The molecule has 3 aliphatic heterocycles. The molecule has 0 spiro atoms. The van der Waals surface area contributed by atoms with E-state index in [1.165, 1.54) is 0 Å². The molecule has 4 amide bonds. The van der Waals surface area contributed by atoms with Crippen molar-refractivity contribution in [2.24, 2.45) is 5.92 Å². The zero-order valence-electron chi connectivity index (χ0n) is 25.5. The fraction of sp³-hybridized carbons (Fsp3) is 0.667. The minimum absolute atomic E-state index is 0.0776. The standard InChI is InChI=1S/C30H45N3O7Si/c1-20-14-23(18-31(16-20)29(37)40-30(2,3)4)39-22-8-9-24-21(15-22)17-32(27(24)35)25-10-11-26(34)33(28(25)36)19-38-12-13-41(5,6)7/h8-9,15,20,23,25H,10-14,16-19H2,1-7H3/t20-,23+,25?/m0/s1. The third-order valence-corrected chi connectivity index (χ3v) is 9.27. The number of hydrogen-bond acceptors (Lipinski definition) is 7. The zero-order chi connectivity index (χ0) is 30.1. The highest BCUT2D eigenvalue weighted by Crippen LogP contribution is 2.32. The van der Waals surface area contributed by atoms with Crippen LogP contribution < -0.4 is 4.74 Å². The summed E-state index contributed by atoms with van der Waals surface area (Å²) in [6.45, 7) is 16.1. The Bertz CT molecular complexity index is 1180. The van der Waals surface area contributed by atoms with Gasteiger partial charge in [0.05, 0.1) is 6.54 Å². The maximum Gasteiger partial charge on any atom is 0.410 e. The van der Waals surface area contributed by atoms with Crippen molar-refractivity contribution in [3.63, 3.8) is 0 Å². The molecule has 0 radical (unpaired) electrons. The normalized spacial score (nSPS) is 23.6. The van der Waals surface area contributed by atoms with Gasteiger partial charge in [0, 0.05) is 39.8 Å². The van der Waals surface area contributed by atoms with Gasteiger partial charge in [0.25, 0.3) is 11.8 Å². The highest BCUT2D eigenvalue weighted by Gasteiger charge is 2.43. The summed E-state index contributed by atoms with van der Waals surface area (Å²) in [5.41, 5.74) is 0.743. The Balaban J connectivity index is 1.39. The summed E-state index contributed by atoms with van der Waals surface area (Å²) in [5, 5.41) is 0. The number of hydrogen-bond donors (Lipinski definition) is 0. The molecule has 3 heterocycles. The Kier molecular flexibility index (Phi) is 9.18. The summed E-state index contributed by atoms with van der Waals surface area (Å²) in [6.07, 6.45) is 0.724. The number of benzene rings is 1. The van der Waals surface area contributed by atoms with Gasteiger partial charge in [-0.25, -0.2) is 4.79 Å². The topological polar surface area (TPSA) is 106 Å². The average molecular weight is 588 g/mol. The lowest BCUT2D eigenvalue weighted by molar-refractivity contribution is -0.158. The molecule has 0 N–H and O–H groups in total. The van der Waals surface area contributed by atoms with Crippen molar-refractivity contribution < 1.29 is 33.4 Å². The Morgan fingerprint density at radius 1 is 1.10 bits per heavy atom. The Morgan fingerprint density at radius 3 is 2.51 bits per heavy atom. The summed E-state index contributed by atoms with van der Waals surface area (Å²) in [7, 11) is -1.30. The van der Waals surface area contributed by atoms with Gasteiger partial charge in [0.2, 0.25) is 5.91 Å². The molecule has 226 valence electrons. The summed E-state index contributed by atoms with van der Waals surface area (Å²) >= 11 is 0. The molecule has 1 aromatic carbocycles. The van der Waals surface area contributed by atoms with E-state index >= 15 is 0 Å². The quantitative estimate of drug-likeness (QED) is 0.251. The molecule has 2 saturated heterocycles. The van der Waals surface area contributed by atoms with Gasteiger partial charge < -0.3 is 24.0 Å². The predicted octanol–water partition coefficient (Wildman–Crippen LogP) is 4.50. The summed E-state index contributed by atoms with van der Waals surface area (Å²) in [6, 6.07) is 5.58. The van der Waals surface area contributed by atoms with E-state index in [0.29, 0.717) is 37.4 Å². The number of piperidine rings is 2. The molecule has 3 atom stereocenters. The minimum atomic E-state index is -1.30. The number of ether oxygens (including phenoxy) is 3. The van der Waals surface area contributed by atoms with Crippen molar-refractivity contribution in [1.82, 2.24) is 14.7 Å². The van der Waals surface area contributed by atoms with Gasteiger partial charge in [-0.2, -0.15) is 0 Å². The van der Waals surface area contributed by atoms with Crippen LogP contribution in [0.15, 0.2) is 18.2 Å². The van der Waals surface area contributed by atoms with Crippen LogP contribution in [0.25, 0.3) is 0 Å². The van der Waals surface area contributed by atoms with E-state index in [-0.39, 0.29) is 55.5 Å². The van der Waals surface area contributed by atoms with Gasteiger partial charge in [0.1, 0.15) is 30.2 Å². The number of carbonyl (C=O) groups excluding carboxylic acids is 4. The fourth-order valence-corrected chi connectivity index (χ4v) is 6.23. The van der Waals surface area contributed by atoms with Crippen molar-refractivity contribution in [3.05, 3.63) is 29.3 Å². The van der Waals surface area contributed by atoms with Gasteiger partial charge in [-0.3, -0.25) is 19.3 Å². The lowest BCUT2D eigenvalue weighted by Crippen LogP contribution is -2.55. The fourth-order valence-electron chi connectivity index (χ4n) is 5.47. The largest absolute Gasteiger partial charge is 0.489 e. The number of carbonyl (C=O) groups is 4. The molecule has 41 heavy (non-hydrogen) atoms. The Labute approximate surface area is 244 Å². The smallest absolute Gasteiger partial charge is 0.410 e. The number of rotatable bonds is 8. The van der Waals surface area contributed by atoms with Crippen LogP contribution in [0, 0.1) is 5.92 Å². The first-order valence-corrected chi connectivity index (χ1v) is 18.3. The first-order valence-electron chi connectivity index (χ1n) is 14.6. The van der Waals surface area contributed by atoms with E-state index in [4.69, 9.17) is 14.2 Å². The maximum atomic E-state index is 13.3. The SMILES string of the molecule is C[C@H]1C[C@@H](Oc2ccc3c(c2)CN(C2CCC(=O)N(COCC[Si](C)(C)C)C2=O)C3=O)CN(C(=O)OC(C)(C)C)C1. The van der Waals surface area contributed by atoms with Crippen LogP contribution in [0.4, 0.5) is 4.79 Å². The van der Waals surface area contributed by atoms with Gasteiger partial charge in [-0.05, 0) is 69.3 Å². The summed E-state index contributed by atoms with van der Waals surface area (Å²) in [4.78, 5) is 56.2. The van der Waals surface area contributed by atoms with Crippen molar-refractivity contribution >= 4 is 31.9 Å². The van der Waals surface area contributed by atoms with Crippen molar-refractivity contribution in [3.8, 4) is 5.75 Å². The highest BCUT2D eigenvalue weighted by atomic mass is 28.3. The lowest BCUT2D eigenvalue weighted by Gasteiger charge is -2.37. The van der Waals surface area contributed by atoms with E-state index in [1.54, 1.807) is 21.9 Å². The van der Waals surface area contributed by atoms with E-state index in [1.807, 2.05) is 26.8 Å². The van der Waals surface area contributed by atoms with Crippen LogP contribution >= 0.6 is 0 Å². The second-order valence-electron chi connectivity index (χ2n) is 13.8. The maximum absolute atomic E-state index is 13.3. The van der Waals surface area contributed by atoms with Crippen LogP contribution in [0.3, 0.4) is 0 Å². The summed E-state index contributed by atoms with van der Waals surface area (Å²) in [5.74, 6) is -0.00717. The van der Waals surface area contributed by atoms with Gasteiger partial charge in [0.15, 0.2) is 0 Å². The van der Waals surface area contributed by atoms with Crippen molar-refractivity contribution in [1.29, 1.82) is 0 Å². The lowest BCUT2D eigenvalue weighted by atomic mass is 9.98. The highest BCUT2D eigenvalue weighted by molar-refractivity contribution is 6.76. The van der Waals surface area contributed by atoms with E-state index in [9.17, 15) is 19.2 Å². The number of likely N-dealkylation sites (tertiary alicyclic amines) is 2. The molecule has 0 aliphatic carbocycles. The third kappa shape index (κ3) is 7.88. The molecular weight excluding hydrogens is 542 g/mol. The molecule has 10 nitrogen and oxygen atoms in total. The number of imide groups is 1. The molecule has 0 aromatic heterocycles. The number of amides is 4. The molecule has 11 heteroatoms.